The summed E-state index contributed by atoms with van der Waals surface area (Å²) in [5.74, 6) is -0.976. The molecule has 0 aliphatic rings. The Balaban J connectivity index is 1.66. The monoisotopic (exact) mass is 401 g/mol. The largest absolute Gasteiger partial charge is 0.449 e. The number of hydrogen-bond donors (Lipinski definition) is 1. The molecular formula is C24H23N3O3. The first-order valence-corrected chi connectivity index (χ1v) is 9.61. The van der Waals surface area contributed by atoms with Crippen molar-refractivity contribution in [1.82, 2.24) is 4.57 Å². The van der Waals surface area contributed by atoms with E-state index in [2.05, 4.69) is 5.32 Å². The van der Waals surface area contributed by atoms with Crippen molar-refractivity contribution in [2.75, 3.05) is 5.32 Å². The molecule has 0 bridgehead atoms. The predicted octanol–water partition coefficient (Wildman–Crippen LogP) is 4.21. The van der Waals surface area contributed by atoms with Gasteiger partial charge in [-0.15, -0.1) is 0 Å². The summed E-state index contributed by atoms with van der Waals surface area (Å²) in [6.45, 7) is 5.99. The minimum absolute atomic E-state index is 0.439. The Bertz CT molecular complexity index is 1090. The van der Waals surface area contributed by atoms with Crippen LogP contribution >= 0.6 is 0 Å². The van der Waals surface area contributed by atoms with Crippen LogP contribution in [0.2, 0.25) is 0 Å². The van der Waals surface area contributed by atoms with E-state index in [4.69, 9.17) is 10.00 Å². The number of amides is 1. The highest BCUT2D eigenvalue weighted by Crippen LogP contribution is 2.19. The van der Waals surface area contributed by atoms with Crippen LogP contribution in [0, 0.1) is 25.2 Å². The number of nitriles is 1. The van der Waals surface area contributed by atoms with Crippen molar-refractivity contribution in [2.24, 2.45) is 0 Å². The maximum atomic E-state index is 12.7. The van der Waals surface area contributed by atoms with Gasteiger partial charge in [-0.3, -0.25) is 4.79 Å². The van der Waals surface area contributed by atoms with Gasteiger partial charge in [-0.25, -0.2) is 4.79 Å². The zero-order valence-corrected chi connectivity index (χ0v) is 17.2. The van der Waals surface area contributed by atoms with E-state index in [1.165, 1.54) is 6.92 Å². The van der Waals surface area contributed by atoms with E-state index < -0.39 is 18.0 Å². The smallest absolute Gasteiger partial charge is 0.340 e. The first-order chi connectivity index (χ1) is 14.4. The standard InChI is InChI=1S/C24H23N3O3/c1-16-13-22(17(2)27(16)15-20-7-5-4-6-8-20)24(29)30-18(3)23(28)26-21-11-9-19(14-25)10-12-21/h4-13,18H,15H2,1-3H3,(H,26,28)/t18-/m1/s1. The Labute approximate surface area is 175 Å². The molecule has 1 heterocycles. The Hall–Kier alpha value is -3.85. The SMILES string of the molecule is Cc1cc(C(=O)O[C@H](C)C(=O)Nc2ccc(C#N)cc2)c(C)n1Cc1ccccc1. The molecule has 30 heavy (non-hydrogen) atoms. The fraction of sp³-hybridized carbons (Fsp3) is 0.208. The molecule has 0 aliphatic carbocycles. The van der Waals surface area contributed by atoms with Crippen LogP contribution in [0.3, 0.4) is 0 Å². The second kappa shape index (κ2) is 9.10. The van der Waals surface area contributed by atoms with E-state index in [1.807, 2.05) is 54.8 Å². The van der Waals surface area contributed by atoms with Gasteiger partial charge in [0.25, 0.3) is 5.91 Å². The first kappa shape index (κ1) is 20.9. The molecule has 2 aromatic carbocycles. The fourth-order valence-corrected chi connectivity index (χ4v) is 3.17. The normalized spacial score (nSPS) is 11.4. The van der Waals surface area contributed by atoms with Gasteiger partial charge < -0.3 is 14.6 Å². The Morgan fingerprint density at radius 3 is 2.40 bits per heavy atom. The molecule has 3 rings (SSSR count). The minimum atomic E-state index is -0.967. The van der Waals surface area contributed by atoms with Crippen LogP contribution in [0.4, 0.5) is 5.69 Å². The molecule has 0 unspecified atom stereocenters. The number of benzene rings is 2. The van der Waals surface area contributed by atoms with Crippen LogP contribution < -0.4 is 5.32 Å². The van der Waals surface area contributed by atoms with Crippen LogP contribution in [0.15, 0.2) is 60.7 Å². The molecule has 6 heteroatoms. The number of ether oxygens (including phenoxy) is 1. The number of esters is 1. The molecule has 1 amide bonds. The number of anilines is 1. The third-order valence-corrected chi connectivity index (χ3v) is 4.91. The highest BCUT2D eigenvalue weighted by molar-refractivity contribution is 5.97. The Morgan fingerprint density at radius 1 is 1.10 bits per heavy atom. The predicted molar refractivity (Wildman–Crippen MR) is 114 cm³/mol. The molecule has 0 radical (unpaired) electrons. The Kier molecular flexibility index (Phi) is 6.33. The molecule has 1 aromatic heterocycles. The molecule has 152 valence electrons. The summed E-state index contributed by atoms with van der Waals surface area (Å²) < 4.78 is 7.45. The van der Waals surface area contributed by atoms with Crippen molar-refractivity contribution in [1.29, 1.82) is 5.26 Å². The molecule has 0 spiro atoms. The summed E-state index contributed by atoms with van der Waals surface area (Å²) in [6, 6.07) is 20.3. The summed E-state index contributed by atoms with van der Waals surface area (Å²) in [5.41, 5.74) is 4.34. The number of carbonyl (C=O) groups is 2. The molecule has 0 fully saturated rings. The number of rotatable bonds is 6. The molecule has 6 nitrogen and oxygen atoms in total. The maximum Gasteiger partial charge on any atom is 0.340 e. The lowest BCUT2D eigenvalue weighted by molar-refractivity contribution is -0.123. The van der Waals surface area contributed by atoms with E-state index in [9.17, 15) is 9.59 Å². The van der Waals surface area contributed by atoms with Gasteiger partial charge in [-0.1, -0.05) is 30.3 Å². The number of nitrogens with zero attached hydrogens (tertiary/aromatic N) is 2. The number of carbonyl (C=O) groups excluding carboxylic acids is 2. The highest BCUT2D eigenvalue weighted by atomic mass is 16.5. The minimum Gasteiger partial charge on any atom is -0.449 e. The molecule has 3 aromatic rings. The van der Waals surface area contributed by atoms with Crippen molar-refractivity contribution < 1.29 is 14.3 Å². The summed E-state index contributed by atoms with van der Waals surface area (Å²) >= 11 is 0. The molecular weight excluding hydrogens is 378 g/mol. The van der Waals surface area contributed by atoms with E-state index in [1.54, 1.807) is 30.3 Å². The molecule has 1 N–H and O–H groups in total. The van der Waals surface area contributed by atoms with Gasteiger partial charge in [-0.05, 0) is 56.7 Å². The van der Waals surface area contributed by atoms with Crippen LogP contribution in [0.25, 0.3) is 0 Å². The number of aryl methyl sites for hydroxylation is 1. The average Bonchev–Trinajstić information content (AvgIpc) is 3.03. The Morgan fingerprint density at radius 2 is 1.77 bits per heavy atom. The van der Waals surface area contributed by atoms with Gasteiger partial charge >= 0.3 is 5.97 Å². The van der Waals surface area contributed by atoms with Crippen LogP contribution in [0.5, 0.6) is 0 Å². The van der Waals surface area contributed by atoms with Gasteiger partial charge in [0, 0.05) is 23.6 Å². The van der Waals surface area contributed by atoms with Crippen LogP contribution in [-0.2, 0) is 16.1 Å². The molecule has 1 atom stereocenters. The van der Waals surface area contributed by atoms with E-state index in [0.29, 0.717) is 23.4 Å². The molecule has 0 saturated heterocycles. The fourth-order valence-electron chi connectivity index (χ4n) is 3.17. The van der Waals surface area contributed by atoms with E-state index in [-0.39, 0.29) is 0 Å². The molecule has 0 saturated carbocycles. The summed E-state index contributed by atoms with van der Waals surface area (Å²) in [5, 5.41) is 11.5. The highest BCUT2D eigenvalue weighted by Gasteiger charge is 2.22. The number of aromatic nitrogens is 1. The van der Waals surface area contributed by atoms with Gasteiger partial charge in [0.05, 0.1) is 17.2 Å². The lowest BCUT2D eigenvalue weighted by Gasteiger charge is -2.14. The summed E-state index contributed by atoms with van der Waals surface area (Å²) in [4.78, 5) is 25.1. The lowest BCUT2D eigenvalue weighted by atomic mass is 10.2. The number of hydrogen-bond acceptors (Lipinski definition) is 4. The van der Waals surface area contributed by atoms with Gasteiger partial charge in [-0.2, -0.15) is 5.26 Å². The van der Waals surface area contributed by atoms with E-state index in [0.717, 1.165) is 17.0 Å². The van der Waals surface area contributed by atoms with Crippen molar-refractivity contribution in [2.45, 2.75) is 33.4 Å². The van der Waals surface area contributed by atoms with Crippen molar-refractivity contribution >= 4 is 17.6 Å². The third kappa shape index (κ3) is 4.76. The van der Waals surface area contributed by atoms with Crippen molar-refractivity contribution in [3.05, 3.63) is 88.7 Å². The van der Waals surface area contributed by atoms with Gasteiger partial charge in [0.1, 0.15) is 0 Å². The van der Waals surface area contributed by atoms with Gasteiger partial charge in [0.15, 0.2) is 6.10 Å². The first-order valence-electron chi connectivity index (χ1n) is 9.61. The third-order valence-electron chi connectivity index (χ3n) is 4.91. The van der Waals surface area contributed by atoms with Gasteiger partial charge in [0.2, 0.25) is 0 Å². The maximum absolute atomic E-state index is 12.7. The number of nitrogens with one attached hydrogen (secondary N) is 1. The van der Waals surface area contributed by atoms with Crippen LogP contribution in [-0.4, -0.2) is 22.5 Å². The van der Waals surface area contributed by atoms with Crippen LogP contribution in [0.1, 0.15) is 39.8 Å². The second-order valence-electron chi connectivity index (χ2n) is 7.08. The van der Waals surface area contributed by atoms with Crippen molar-refractivity contribution in [3.8, 4) is 6.07 Å². The topological polar surface area (TPSA) is 84.1 Å². The van der Waals surface area contributed by atoms with Crippen molar-refractivity contribution in [3.63, 3.8) is 0 Å². The quantitative estimate of drug-likeness (QED) is 0.627. The lowest BCUT2D eigenvalue weighted by Crippen LogP contribution is -2.30. The zero-order valence-electron chi connectivity index (χ0n) is 17.2. The average molecular weight is 401 g/mol. The van der Waals surface area contributed by atoms with E-state index >= 15 is 0 Å². The zero-order chi connectivity index (χ0) is 21.7. The second-order valence-corrected chi connectivity index (χ2v) is 7.08. The molecule has 0 aliphatic heterocycles. The summed E-state index contributed by atoms with van der Waals surface area (Å²) in [7, 11) is 0. The summed E-state index contributed by atoms with van der Waals surface area (Å²) in [6.07, 6.45) is -0.967.